The topological polar surface area (TPSA) is 95.6 Å². The van der Waals surface area contributed by atoms with Crippen LogP contribution in [-0.4, -0.2) is 32.8 Å². The molecule has 0 bridgehead atoms. The van der Waals surface area contributed by atoms with Crippen LogP contribution in [0.2, 0.25) is 0 Å². The Morgan fingerprint density at radius 3 is 2.37 bits per heavy atom. The van der Waals surface area contributed by atoms with Crippen LogP contribution in [0.4, 0.5) is 5.69 Å². The van der Waals surface area contributed by atoms with Gasteiger partial charge in [0.05, 0.1) is 4.90 Å². The summed E-state index contributed by atoms with van der Waals surface area (Å²) in [5, 5.41) is 2.86. The molecule has 0 saturated carbocycles. The summed E-state index contributed by atoms with van der Waals surface area (Å²) in [4.78, 5) is 26.6. The molecule has 182 valence electrons. The van der Waals surface area contributed by atoms with Crippen molar-refractivity contribution in [3.05, 3.63) is 95.1 Å². The Bertz CT molecular complexity index is 1320. The minimum atomic E-state index is -3.99. The number of carbonyl (C=O) groups is 2. The van der Waals surface area contributed by atoms with Crippen molar-refractivity contribution in [2.24, 2.45) is 0 Å². The highest BCUT2D eigenvalue weighted by Crippen LogP contribution is 2.30. The number of nitrogens with one attached hydrogen (secondary N) is 2. The Kier molecular flexibility index (Phi) is 7.33. The lowest BCUT2D eigenvalue weighted by Crippen LogP contribution is -2.47. The van der Waals surface area contributed by atoms with Gasteiger partial charge in [-0.1, -0.05) is 60.2 Å². The lowest BCUT2D eigenvalue weighted by molar-refractivity contribution is -0.123. The van der Waals surface area contributed by atoms with Crippen molar-refractivity contribution >= 4 is 27.5 Å². The molecular weight excluding hydrogens is 462 g/mol. The summed E-state index contributed by atoms with van der Waals surface area (Å²) in [5.74, 6) is -0.479. The van der Waals surface area contributed by atoms with E-state index < -0.39 is 22.0 Å². The molecule has 0 fully saturated rings. The summed E-state index contributed by atoms with van der Waals surface area (Å²) in [7, 11) is -3.99. The van der Waals surface area contributed by atoms with Gasteiger partial charge in [-0.3, -0.25) is 9.59 Å². The Morgan fingerprint density at radius 1 is 0.971 bits per heavy atom. The fraction of sp³-hybridized carbons (Fsp3) is 0.259. The number of hydrogen-bond donors (Lipinski definition) is 2. The van der Waals surface area contributed by atoms with Gasteiger partial charge in [0.1, 0.15) is 6.04 Å². The molecule has 35 heavy (non-hydrogen) atoms. The molecule has 0 spiro atoms. The molecule has 4 rings (SSSR count). The van der Waals surface area contributed by atoms with Crippen LogP contribution < -0.4 is 14.9 Å². The van der Waals surface area contributed by atoms with Gasteiger partial charge in [0.15, 0.2) is 0 Å². The van der Waals surface area contributed by atoms with E-state index in [-0.39, 0.29) is 17.2 Å². The first kappa shape index (κ1) is 24.6. The van der Waals surface area contributed by atoms with Crippen LogP contribution in [0.1, 0.15) is 29.2 Å². The highest BCUT2D eigenvalue weighted by molar-refractivity contribution is 7.89. The maximum absolute atomic E-state index is 13.3. The SMILES string of the molecule is CC(=O)N1CCc2cc(S(=O)(=O)N[C@@H](Cc3ccccc3)C(=O)NCc3ccc(C)cc3)ccc21. The highest BCUT2D eigenvalue weighted by Gasteiger charge is 2.28. The molecule has 2 amide bonds. The smallest absolute Gasteiger partial charge is 0.241 e. The van der Waals surface area contributed by atoms with E-state index in [0.29, 0.717) is 19.5 Å². The Hall–Kier alpha value is -3.49. The average molecular weight is 492 g/mol. The van der Waals surface area contributed by atoms with Crippen LogP contribution in [0.5, 0.6) is 0 Å². The number of benzene rings is 3. The fourth-order valence-corrected chi connectivity index (χ4v) is 5.43. The molecule has 0 radical (unpaired) electrons. The molecule has 7 nitrogen and oxygen atoms in total. The van der Waals surface area contributed by atoms with Crippen molar-refractivity contribution in [2.45, 2.75) is 44.2 Å². The molecule has 0 unspecified atom stereocenters. The van der Waals surface area contributed by atoms with Gasteiger partial charge in [-0.2, -0.15) is 4.72 Å². The molecule has 0 saturated heterocycles. The predicted octanol–water partition coefficient (Wildman–Crippen LogP) is 3.11. The van der Waals surface area contributed by atoms with E-state index in [1.807, 2.05) is 61.5 Å². The summed E-state index contributed by atoms with van der Waals surface area (Å²) in [6.45, 7) is 4.31. The normalized spacial score (nSPS) is 13.8. The number of amides is 2. The summed E-state index contributed by atoms with van der Waals surface area (Å²) in [5.41, 5.74) is 4.42. The van der Waals surface area contributed by atoms with Crippen molar-refractivity contribution < 1.29 is 18.0 Å². The zero-order chi connectivity index (χ0) is 25.0. The largest absolute Gasteiger partial charge is 0.351 e. The Morgan fingerprint density at radius 2 is 1.69 bits per heavy atom. The van der Waals surface area contributed by atoms with Gasteiger partial charge in [0, 0.05) is 25.7 Å². The van der Waals surface area contributed by atoms with Gasteiger partial charge >= 0.3 is 0 Å². The lowest BCUT2D eigenvalue weighted by Gasteiger charge is -2.20. The first-order valence-electron chi connectivity index (χ1n) is 11.5. The van der Waals surface area contributed by atoms with Crippen LogP contribution in [0.15, 0.2) is 77.7 Å². The number of hydrogen-bond acceptors (Lipinski definition) is 4. The van der Waals surface area contributed by atoms with Crippen LogP contribution in [0.25, 0.3) is 0 Å². The number of rotatable bonds is 8. The number of anilines is 1. The van der Waals surface area contributed by atoms with Crippen molar-refractivity contribution in [1.29, 1.82) is 0 Å². The average Bonchev–Trinajstić information content (AvgIpc) is 3.27. The molecule has 1 heterocycles. The van der Waals surface area contributed by atoms with Gasteiger partial charge in [-0.25, -0.2) is 8.42 Å². The van der Waals surface area contributed by atoms with Crippen LogP contribution in [-0.2, 0) is 39.0 Å². The van der Waals surface area contributed by atoms with Crippen molar-refractivity contribution in [3.8, 4) is 0 Å². The van der Waals surface area contributed by atoms with E-state index >= 15 is 0 Å². The molecule has 3 aromatic rings. The van der Waals surface area contributed by atoms with E-state index in [9.17, 15) is 18.0 Å². The summed E-state index contributed by atoms with van der Waals surface area (Å²) in [6.07, 6.45) is 0.797. The second-order valence-electron chi connectivity index (χ2n) is 8.78. The van der Waals surface area contributed by atoms with Crippen LogP contribution in [0, 0.1) is 6.92 Å². The number of sulfonamides is 1. The molecule has 1 aliphatic rings. The Labute approximate surface area is 206 Å². The molecule has 3 aromatic carbocycles. The molecule has 8 heteroatoms. The molecule has 0 aromatic heterocycles. The zero-order valence-electron chi connectivity index (χ0n) is 19.8. The monoisotopic (exact) mass is 491 g/mol. The molecular formula is C27H29N3O4S. The standard InChI is InChI=1S/C27H29N3O4S/c1-19-8-10-22(11-9-19)18-28-27(32)25(16-21-6-4-3-5-7-21)29-35(33,34)24-12-13-26-23(17-24)14-15-30(26)20(2)31/h3-13,17,25,29H,14-16,18H2,1-2H3,(H,28,32)/t25-/m0/s1. The third-order valence-electron chi connectivity index (χ3n) is 6.12. The second kappa shape index (κ2) is 10.4. The molecule has 1 aliphatic heterocycles. The minimum absolute atomic E-state index is 0.0750. The second-order valence-corrected chi connectivity index (χ2v) is 10.5. The van der Waals surface area contributed by atoms with Gasteiger partial charge in [0.2, 0.25) is 21.8 Å². The van der Waals surface area contributed by atoms with E-state index in [4.69, 9.17) is 0 Å². The van der Waals surface area contributed by atoms with Crippen molar-refractivity contribution in [3.63, 3.8) is 0 Å². The third kappa shape index (κ3) is 5.96. The maximum Gasteiger partial charge on any atom is 0.241 e. The number of fused-ring (bicyclic) bond motifs is 1. The van der Waals surface area contributed by atoms with Crippen LogP contribution >= 0.6 is 0 Å². The van der Waals surface area contributed by atoms with Crippen molar-refractivity contribution in [1.82, 2.24) is 10.0 Å². The van der Waals surface area contributed by atoms with E-state index in [0.717, 1.165) is 27.9 Å². The Balaban J connectivity index is 1.54. The minimum Gasteiger partial charge on any atom is -0.351 e. The number of carbonyl (C=O) groups excluding carboxylic acids is 2. The van der Waals surface area contributed by atoms with E-state index in [1.54, 1.807) is 17.0 Å². The fourth-order valence-electron chi connectivity index (χ4n) is 4.18. The molecule has 1 atom stereocenters. The highest BCUT2D eigenvalue weighted by atomic mass is 32.2. The van der Waals surface area contributed by atoms with Gasteiger partial charge in [0.25, 0.3) is 0 Å². The van der Waals surface area contributed by atoms with Crippen molar-refractivity contribution in [2.75, 3.05) is 11.4 Å². The summed E-state index contributed by atoms with van der Waals surface area (Å²) >= 11 is 0. The number of aryl methyl sites for hydroxylation is 1. The van der Waals surface area contributed by atoms with E-state index in [1.165, 1.54) is 13.0 Å². The summed E-state index contributed by atoms with van der Waals surface area (Å²) in [6, 6.07) is 20.8. The molecule has 0 aliphatic carbocycles. The molecule has 2 N–H and O–H groups in total. The predicted molar refractivity (Wildman–Crippen MR) is 135 cm³/mol. The first-order chi connectivity index (χ1) is 16.7. The van der Waals surface area contributed by atoms with Gasteiger partial charge in [-0.05, 0) is 54.7 Å². The number of nitrogens with zero attached hydrogens (tertiary/aromatic N) is 1. The van der Waals surface area contributed by atoms with Gasteiger partial charge < -0.3 is 10.2 Å². The summed E-state index contributed by atoms with van der Waals surface area (Å²) < 4.78 is 29.2. The third-order valence-corrected chi connectivity index (χ3v) is 7.59. The zero-order valence-corrected chi connectivity index (χ0v) is 20.6. The van der Waals surface area contributed by atoms with Gasteiger partial charge in [-0.15, -0.1) is 0 Å². The quantitative estimate of drug-likeness (QED) is 0.506. The lowest BCUT2D eigenvalue weighted by atomic mass is 10.1. The van der Waals surface area contributed by atoms with Crippen LogP contribution in [0.3, 0.4) is 0 Å². The van der Waals surface area contributed by atoms with E-state index in [2.05, 4.69) is 10.0 Å². The first-order valence-corrected chi connectivity index (χ1v) is 13.0. The maximum atomic E-state index is 13.3.